The maximum absolute atomic E-state index is 12.6. The molecule has 1 amide bonds. The van der Waals surface area contributed by atoms with E-state index in [0.717, 1.165) is 0 Å². The quantitative estimate of drug-likeness (QED) is 0.761. The highest BCUT2D eigenvalue weighted by Crippen LogP contribution is 2.18. The van der Waals surface area contributed by atoms with Gasteiger partial charge in [-0.3, -0.25) is 4.79 Å². The van der Waals surface area contributed by atoms with Gasteiger partial charge in [-0.05, 0) is 24.1 Å². The van der Waals surface area contributed by atoms with E-state index in [1.165, 1.54) is 7.11 Å². The minimum Gasteiger partial charge on any atom is -0.496 e. The summed E-state index contributed by atoms with van der Waals surface area (Å²) in [5.74, 6) is -0.724. The summed E-state index contributed by atoms with van der Waals surface area (Å²) in [4.78, 5) is 25.1. The molecule has 0 aliphatic rings. The van der Waals surface area contributed by atoms with Crippen LogP contribution in [0.2, 0.25) is 0 Å². The van der Waals surface area contributed by atoms with E-state index in [1.54, 1.807) is 48.5 Å². The van der Waals surface area contributed by atoms with Crippen LogP contribution in [0.5, 0.6) is 5.75 Å². The third-order valence-electron chi connectivity index (χ3n) is 4.07. The van der Waals surface area contributed by atoms with E-state index in [2.05, 4.69) is 11.4 Å². The molecule has 1 atom stereocenters. The smallest absolute Gasteiger partial charge is 0.329 e. The first-order chi connectivity index (χ1) is 13.0. The van der Waals surface area contributed by atoms with E-state index in [9.17, 15) is 9.59 Å². The van der Waals surface area contributed by atoms with Crippen LogP contribution in [0.3, 0.4) is 0 Å². The predicted octanol–water partition coefficient (Wildman–Crippen LogP) is 3.06. The van der Waals surface area contributed by atoms with Gasteiger partial charge in [-0.25, -0.2) is 4.79 Å². The van der Waals surface area contributed by atoms with Crippen LogP contribution in [0, 0.1) is 17.2 Å². The fraction of sp³-hybridized carbons (Fsp3) is 0.286. The lowest BCUT2D eigenvalue weighted by Gasteiger charge is -2.21. The van der Waals surface area contributed by atoms with Crippen molar-refractivity contribution in [3.8, 4) is 11.8 Å². The molecule has 0 radical (unpaired) electrons. The molecule has 0 bridgehead atoms. The van der Waals surface area contributed by atoms with Crippen LogP contribution >= 0.6 is 0 Å². The number of methoxy groups -OCH3 is 1. The van der Waals surface area contributed by atoms with E-state index in [1.807, 2.05) is 13.8 Å². The van der Waals surface area contributed by atoms with Crippen molar-refractivity contribution in [1.82, 2.24) is 5.32 Å². The third kappa shape index (κ3) is 5.08. The van der Waals surface area contributed by atoms with Crippen LogP contribution in [0.1, 0.15) is 35.3 Å². The number of carbonyl (C=O) groups excluding carboxylic acids is 2. The Labute approximate surface area is 158 Å². The van der Waals surface area contributed by atoms with E-state index in [4.69, 9.17) is 14.7 Å². The van der Waals surface area contributed by atoms with Crippen LogP contribution in [0.15, 0.2) is 48.5 Å². The summed E-state index contributed by atoms with van der Waals surface area (Å²) >= 11 is 0. The normalized spacial score (nSPS) is 11.4. The number of para-hydroxylation sites is 1. The van der Waals surface area contributed by atoms with E-state index < -0.39 is 17.9 Å². The first-order valence-electron chi connectivity index (χ1n) is 8.56. The topological polar surface area (TPSA) is 88.4 Å². The van der Waals surface area contributed by atoms with Crippen LogP contribution in [-0.2, 0) is 16.1 Å². The number of hydrogen-bond donors (Lipinski definition) is 1. The molecule has 0 aromatic heterocycles. The average molecular weight is 366 g/mol. The summed E-state index contributed by atoms with van der Waals surface area (Å²) in [6.07, 6.45) is 0. The zero-order valence-electron chi connectivity index (χ0n) is 15.6. The lowest BCUT2D eigenvalue weighted by molar-refractivity contribution is -0.148. The van der Waals surface area contributed by atoms with Crippen molar-refractivity contribution >= 4 is 11.9 Å². The van der Waals surface area contributed by atoms with Gasteiger partial charge in [-0.15, -0.1) is 0 Å². The molecule has 0 spiro atoms. The second-order valence-electron chi connectivity index (χ2n) is 6.27. The van der Waals surface area contributed by atoms with Crippen molar-refractivity contribution < 1.29 is 19.1 Å². The van der Waals surface area contributed by atoms with Crippen molar-refractivity contribution in [3.63, 3.8) is 0 Å². The minimum atomic E-state index is -0.823. The zero-order chi connectivity index (χ0) is 19.8. The summed E-state index contributed by atoms with van der Waals surface area (Å²) in [6, 6.07) is 14.9. The molecule has 2 aromatic rings. The maximum atomic E-state index is 12.6. The van der Waals surface area contributed by atoms with Gasteiger partial charge >= 0.3 is 5.97 Å². The third-order valence-corrected chi connectivity index (χ3v) is 4.07. The van der Waals surface area contributed by atoms with Gasteiger partial charge in [-0.2, -0.15) is 5.26 Å². The fourth-order valence-electron chi connectivity index (χ4n) is 2.54. The van der Waals surface area contributed by atoms with Gasteiger partial charge in [0.2, 0.25) is 0 Å². The highest BCUT2D eigenvalue weighted by molar-refractivity contribution is 5.99. The monoisotopic (exact) mass is 366 g/mol. The number of nitriles is 1. The highest BCUT2D eigenvalue weighted by Gasteiger charge is 2.27. The van der Waals surface area contributed by atoms with Crippen molar-refractivity contribution in [1.29, 1.82) is 5.26 Å². The molecule has 6 heteroatoms. The Morgan fingerprint density at radius 3 is 2.44 bits per heavy atom. The number of ether oxygens (including phenoxy) is 2. The minimum absolute atomic E-state index is 0.0314. The van der Waals surface area contributed by atoms with Gasteiger partial charge in [0.05, 0.1) is 24.3 Å². The number of hydrogen-bond acceptors (Lipinski definition) is 5. The van der Waals surface area contributed by atoms with Crippen molar-refractivity contribution in [2.45, 2.75) is 26.5 Å². The van der Waals surface area contributed by atoms with Gasteiger partial charge in [0, 0.05) is 5.56 Å². The van der Waals surface area contributed by atoms with Gasteiger partial charge < -0.3 is 14.8 Å². The van der Waals surface area contributed by atoms with Gasteiger partial charge in [0.25, 0.3) is 5.91 Å². The Morgan fingerprint density at radius 1 is 1.11 bits per heavy atom. The molecule has 0 aliphatic heterocycles. The van der Waals surface area contributed by atoms with E-state index >= 15 is 0 Å². The summed E-state index contributed by atoms with van der Waals surface area (Å²) in [6.45, 7) is 3.60. The van der Waals surface area contributed by atoms with Crippen molar-refractivity contribution in [2.24, 2.45) is 5.92 Å². The number of esters is 1. The number of benzene rings is 2. The molecule has 27 heavy (non-hydrogen) atoms. The molecule has 6 nitrogen and oxygen atoms in total. The molecule has 140 valence electrons. The number of nitrogens with one attached hydrogen (secondary N) is 1. The van der Waals surface area contributed by atoms with Crippen LogP contribution in [0.25, 0.3) is 0 Å². The largest absolute Gasteiger partial charge is 0.496 e. The number of nitrogens with zero attached hydrogens (tertiary/aromatic N) is 1. The Bertz CT molecular complexity index is 855. The van der Waals surface area contributed by atoms with Crippen molar-refractivity contribution in [3.05, 3.63) is 65.2 Å². The lowest BCUT2D eigenvalue weighted by Crippen LogP contribution is -2.45. The summed E-state index contributed by atoms with van der Waals surface area (Å²) in [5, 5.41) is 11.8. The molecule has 1 N–H and O–H groups in total. The second-order valence-corrected chi connectivity index (χ2v) is 6.27. The molecule has 2 aromatic carbocycles. The Morgan fingerprint density at radius 2 is 1.78 bits per heavy atom. The molecule has 0 saturated heterocycles. The first kappa shape index (κ1) is 20.0. The molecular formula is C21H22N2O4. The molecular weight excluding hydrogens is 344 g/mol. The van der Waals surface area contributed by atoms with E-state index in [-0.39, 0.29) is 12.5 Å². The number of carbonyl (C=O) groups is 2. The van der Waals surface area contributed by atoms with Gasteiger partial charge in [0.1, 0.15) is 18.4 Å². The van der Waals surface area contributed by atoms with Gasteiger partial charge in [0.15, 0.2) is 0 Å². The van der Waals surface area contributed by atoms with Crippen LogP contribution in [0.4, 0.5) is 0 Å². The lowest BCUT2D eigenvalue weighted by atomic mass is 10.0. The molecule has 0 heterocycles. The molecule has 0 fully saturated rings. The SMILES string of the molecule is COc1ccccc1C(=O)N[C@H](C(=O)OCc1ccccc1C#N)C(C)C. The second kappa shape index (κ2) is 9.39. The zero-order valence-corrected chi connectivity index (χ0v) is 15.6. The number of rotatable bonds is 7. The first-order valence-corrected chi connectivity index (χ1v) is 8.56. The van der Waals surface area contributed by atoms with Crippen LogP contribution in [-0.4, -0.2) is 25.0 Å². The molecule has 0 unspecified atom stereocenters. The molecule has 2 rings (SSSR count). The summed E-state index contributed by atoms with van der Waals surface area (Å²) < 4.78 is 10.5. The maximum Gasteiger partial charge on any atom is 0.329 e. The Balaban J connectivity index is 2.09. The molecule has 0 aliphatic carbocycles. The fourth-order valence-corrected chi connectivity index (χ4v) is 2.54. The Hall–Kier alpha value is -3.33. The van der Waals surface area contributed by atoms with Crippen molar-refractivity contribution in [2.75, 3.05) is 7.11 Å². The Kier molecular flexibility index (Phi) is 6.95. The van der Waals surface area contributed by atoms with E-state index in [0.29, 0.717) is 22.4 Å². The van der Waals surface area contributed by atoms with Crippen LogP contribution < -0.4 is 10.1 Å². The predicted molar refractivity (Wildman–Crippen MR) is 100 cm³/mol. The standard InChI is InChI=1S/C21H22N2O4/c1-14(2)19(23-20(24)17-10-6-7-11-18(17)26-3)21(25)27-13-16-9-5-4-8-15(16)12-22/h4-11,14,19H,13H2,1-3H3,(H,23,24)/t19-/m0/s1. The molecule has 0 saturated carbocycles. The highest BCUT2D eigenvalue weighted by atomic mass is 16.5. The summed E-state index contributed by atoms with van der Waals surface area (Å²) in [5.41, 5.74) is 1.41. The summed E-state index contributed by atoms with van der Waals surface area (Å²) in [7, 11) is 1.48. The average Bonchev–Trinajstić information content (AvgIpc) is 2.69. The van der Waals surface area contributed by atoms with Gasteiger partial charge in [-0.1, -0.05) is 44.2 Å². The number of amides is 1.